The highest BCUT2D eigenvalue weighted by Crippen LogP contribution is 2.36. The number of nitro groups is 1. The molecule has 166 valence electrons. The summed E-state index contributed by atoms with van der Waals surface area (Å²) in [6, 6.07) is 5.86. The zero-order valence-electron chi connectivity index (χ0n) is 15.9. The van der Waals surface area contributed by atoms with Crippen LogP contribution in [0.4, 0.5) is 28.9 Å². The molecule has 0 aliphatic carbocycles. The topological polar surface area (TPSA) is 75.9 Å². The van der Waals surface area contributed by atoms with E-state index in [0.29, 0.717) is 6.07 Å². The minimum Gasteiger partial charge on any atom is -0.482 e. The zero-order valence-corrected chi connectivity index (χ0v) is 16.6. The molecule has 1 fully saturated rings. The normalized spacial score (nSPS) is 14.5. The maximum Gasteiger partial charge on any atom is 0.416 e. The average Bonchev–Trinajstić information content (AvgIpc) is 2.72. The maximum absolute atomic E-state index is 13.1. The number of piperazine rings is 1. The van der Waals surface area contributed by atoms with Gasteiger partial charge in [-0.3, -0.25) is 14.9 Å². The number of nitrogens with zero attached hydrogens (tertiary/aromatic N) is 3. The molecule has 1 saturated heterocycles. The summed E-state index contributed by atoms with van der Waals surface area (Å²) in [7, 11) is 0. The van der Waals surface area contributed by atoms with Crippen LogP contribution in [0, 0.1) is 15.9 Å². The Kier molecular flexibility index (Phi) is 6.54. The number of carbonyl (C=O) groups is 1. The Labute approximate surface area is 178 Å². The molecular weight excluding hydrogens is 446 g/mol. The van der Waals surface area contributed by atoms with E-state index in [4.69, 9.17) is 16.3 Å². The van der Waals surface area contributed by atoms with E-state index < -0.39 is 28.2 Å². The first-order chi connectivity index (χ1) is 14.6. The summed E-state index contributed by atoms with van der Waals surface area (Å²) in [6.07, 6.45) is -4.69. The Balaban J connectivity index is 1.62. The molecule has 2 aromatic carbocycles. The minimum absolute atomic E-state index is 0.0206. The minimum atomic E-state index is -4.69. The van der Waals surface area contributed by atoms with Gasteiger partial charge in [-0.25, -0.2) is 4.39 Å². The summed E-state index contributed by atoms with van der Waals surface area (Å²) >= 11 is 5.84. The first-order valence-corrected chi connectivity index (χ1v) is 9.40. The Morgan fingerprint density at radius 1 is 1.13 bits per heavy atom. The zero-order chi connectivity index (χ0) is 22.8. The van der Waals surface area contributed by atoms with Crippen molar-refractivity contribution in [3.8, 4) is 5.75 Å². The summed E-state index contributed by atoms with van der Waals surface area (Å²) in [5.74, 6) is -0.769. The van der Waals surface area contributed by atoms with Crippen LogP contribution in [0.3, 0.4) is 0 Å². The number of ether oxygens (including phenoxy) is 1. The fourth-order valence-corrected chi connectivity index (χ4v) is 3.35. The summed E-state index contributed by atoms with van der Waals surface area (Å²) in [5.41, 5.74) is -1.70. The molecule has 0 bridgehead atoms. The monoisotopic (exact) mass is 461 g/mol. The van der Waals surface area contributed by atoms with E-state index in [1.807, 2.05) is 0 Å². The number of amides is 1. The SMILES string of the molecule is O=C(COc1ccc(F)cc1Cl)N1CCN(c2ccc(C(F)(F)F)cc2[N+](=O)[O-])CC1. The van der Waals surface area contributed by atoms with E-state index in [0.717, 1.165) is 24.3 Å². The maximum atomic E-state index is 13.1. The Bertz CT molecular complexity index is 995. The summed E-state index contributed by atoms with van der Waals surface area (Å²) < 4.78 is 57.0. The van der Waals surface area contributed by atoms with Crippen LogP contribution < -0.4 is 9.64 Å². The molecule has 1 aliphatic heterocycles. The molecule has 7 nitrogen and oxygen atoms in total. The van der Waals surface area contributed by atoms with Crippen LogP contribution >= 0.6 is 11.6 Å². The molecule has 1 aliphatic rings. The Morgan fingerprint density at radius 3 is 2.39 bits per heavy atom. The summed E-state index contributed by atoms with van der Waals surface area (Å²) in [5, 5.41) is 11.3. The molecule has 31 heavy (non-hydrogen) atoms. The lowest BCUT2D eigenvalue weighted by Crippen LogP contribution is -2.50. The molecule has 1 amide bonds. The predicted octanol–water partition coefficient (Wildman–Crippen LogP) is 4.13. The highest BCUT2D eigenvalue weighted by molar-refractivity contribution is 6.32. The van der Waals surface area contributed by atoms with Gasteiger partial charge in [-0.05, 0) is 30.3 Å². The van der Waals surface area contributed by atoms with Gasteiger partial charge in [0, 0.05) is 32.2 Å². The van der Waals surface area contributed by atoms with E-state index in [9.17, 15) is 32.5 Å². The number of anilines is 1. The first kappa shape index (κ1) is 22.6. The highest BCUT2D eigenvalue weighted by atomic mass is 35.5. The van der Waals surface area contributed by atoms with Crippen LogP contribution in [0.25, 0.3) is 0 Å². The van der Waals surface area contributed by atoms with Gasteiger partial charge in [-0.1, -0.05) is 11.6 Å². The second-order valence-electron chi connectivity index (χ2n) is 6.69. The van der Waals surface area contributed by atoms with Crippen molar-refractivity contribution in [3.05, 3.63) is 62.9 Å². The van der Waals surface area contributed by atoms with Crippen molar-refractivity contribution in [1.29, 1.82) is 0 Å². The van der Waals surface area contributed by atoms with Gasteiger partial charge in [-0.15, -0.1) is 0 Å². The molecule has 0 unspecified atom stereocenters. The Hall–Kier alpha value is -3.08. The van der Waals surface area contributed by atoms with Gasteiger partial charge in [-0.2, -0.15) is 13.2 Å². The fourth-order valence-electron chi connectivity index (χ4n) is 3.13. The van der Waals surface area contributed by atoms with E-state index in [2.05, 4.69) is 0 Å². The first-order valence-electron chi connectivity index (χ1n) is 9.02. The smallest absolute Gasteiger partial charge is 0.416 e. The van der Waals surface area contributed by atoms with Gasteiger partial charge in [0.1, 0.15) is 17.3 Å². The average molecular weight is 462 g/mol. The second kappa shape index (κ2) is 8.96. The van der Waals surface area contributed by atoms with Gasteiger partial charge in [0.2, 0.25) is 0 Å². The predicted molar refractivity (Wildman–Crippen MR) is 104 cm³/mol. The van der Waals surface area contributed by atoms with Crippen molar-refractivity contribution in [3.63, 3.8) is 0 Å². The van der Waals surface area contributed by atoms with Crippen LogP contribution in [-0.4, -0.2) is 48.5 Å². The molecule has 3 rings (SSSR count). The van der Waals surface area contributed by atoms with Crippen molar-refractivity contribution in [2.45, 2.75) is 6.18 Å². The van der Waals surface area contributed by atoms with Crippen LogP contribution in [0.2, 0.25) is 5.02 Å². The standard InChI is InChI=1S/C19H16ClF4N3O4/c20-14-10-13(21)2-4-17(14)31-11-18(28)26-7-5-25(6-8-26)15-3-1-12(19(22,23)24)9-16(15)27(29)30/h1-4,9-10H,5-8,11H2. The van der Waals surface area contributed by atoms with Crippen LogP contribution in [0.15, 0.2) is 36.4 Å². The van der Waals surface area contributed by atoms with E-state index in [1.54, 1.807) is 4.90 Å². The number of hydrogen-bond acceptors (Lipinski definition) is 5. The van der Waals surface area contributed by atoms with Gasteiger partial charge >= 0.3 is 6.18 Å². The molecule has 0 radical (unpaired) electrons. The number of alkyl halides is 3. The molecule has 1 heterocycles. The van der Waals surface area contributed by atoms with E-state index in [1.165, 1.54) is 11.0 Å². The lowest BCUT2D eigenvalue weighted by Gasteiger charge is -2.35. The molecule has 0 spiro atoms. The molecular formula is C19H16ClF4N3O4. The van der Waals surface area contributed by atoms with Crippen molar-refractivity contribution in [2.24, 2.45) is 0 Å². The number of nitro benzene ring substituents is 1. The molecule has 0 atom stereocenters. The quantitative estimate of drug-likeness (QED) is 0.380. The largest absolute Gasteiger partial charge is 0.482 e. The van der Waals surface area contributed by atoms with Crippen molar-refractivity contribution in [2.75, 3.05) is 37.7 Å². The molecule has 0 saturated carbocycles. The van der Waals surface area contributed by atoms with Crippen molar-refractivity contribution >= 4 is 28.9 Å². The van der Waals surface area contributed by atoms with Gasteiger partial charge < -0.3 is 14.5 Å². The van der Waals surface area contributed by atoms with E-state index >= 15 is 0 Å². The summed E-state index contributed by atoms with van der Waals surface area (Å²) in [4.78, 5) is 25.8. The lowest BCUT2D eigenvalue weighted by molar-refractivity contribution is -0.384. The third kappa shape index (κ3) is 5.35. The number of benzene rings is 2. The third-order valence-electron chi connectivity index (χ3n) is 4.72. The van der Waals surface area contributed by atoms with Crippen LogP contribution in [0.1, 0.15) is 5.56 Å². The van der Waals surface area contributed by atoms with Crippen molar-refractivity contribution in [1.82, 2.24) is 4.90 Å². The number of hydrogen-bond donors (Lipinski definition) is 0. The Morgan fingerprint density at radius 2 is 1.81 bits per heavy atom. The number of rotatable bonds is 5. The second-order valence-corrected chi connectivity index (χ2v) is 7.10. The molecule has 2 aromatic rings. The lowest BCUT2D eigenvalue weighted by atomic mass is 10.1. The molecule has 12 heteroatoms. The molecule has 0 N–H and O–H groups in total. The molecule has 0 aromatic heterocycles. The van der Waals surface area contributed by atoms with Crippen LogP contribution in [-0.2, 0) is 11.0 Å². The van der Waals surface area contributed by atoms with Gasteiger partial charge in [0.25, 0.3) is 11.6 Å². The third-order valence-corrected chi connectivity index (χ3v) is 5.01. The van der Waals surface area contributed by atoms with Gasteiger partial charge in [0.15, 0.2) is 6.61 Å². The summed E-state index contributed by atoms with van der Waals surface area (Å²) in [6.45, 7) is 0.422. The highest BCUT2D eigenvalue weighted by Gasteiger charge is 2.34. The number of halogens is 5. The van der Waals surface area contributed by atoms with Crippen molar-refractivity contribution < 1.29 is 32.0 Å². The fraction of sp³-hybridized carbons (Fsp3) is 0.316. The van der Waals surface area contributed by atoms with Crippen LogP contribution in [0.5, 0.6) is 5.75 Å². The van der Waals surface area contributed by atoms with E-state index in [-0.39, 0.29) is 55.2 Å². The number of carbonyl (C=O) groups excluding carboxylic acids is 1. The van der Waals surface area contributed by atoms with Gasteiger partial charge in [0.05, 0.1) is 15.5 Å².